The third-order valence-corrected chi connectivity index (χ3v) is 2.68. The maximum absolute atomic E-state index is 12.0. The van der Waals surface area contributed by atoms with Crippen LogP contribution in [0.1, 0.15) is 29.6 Å². The van der Waals surface area contributed by atoms with Crippen molar-refractivity contribution in [3.05, 3.63) is 29.8 Å². The summed E-state index contributed by atoms with van der Waals surface area (Å²) in [5, 5.41) is 2.72. The van der Waals surface area contributed by atoms with Crippen LogP contribution >= 0.6 is 12.2 Å². The normalized spacial score (nSPS) is 10.3. The molecular weight excluding hydrogens is 286 g/mol. The second-order valence-corrected chi connectivity index (χ2v) is 4.61. The number of nitrogens with one attached hydrogen (secondary N) is 1. The number of unbranched alkanes of at least 4 members (excludes halogenated alkanes) is 1. The average molecular weight is 302 g/mol. The first-order valence-corrected chi connectivity index (χ1v) is 6.51. The third-order valence-electron chi connectivity index (χ3n) is 2.48. The van der Waals surface area contributed by atoms with E-state index in [2.05, 4.69) is 10.1 Å². The molecule has 0 aliphatic carbocycles. The number of carbonyl (C=O) groups excluding carboxylic acids is 1. The number of thiocarbonyl (C=S) groups is 1. The molecule has 1 aromatic carbocycles. The highest BCUT2D eigenvalue weighted by molar-refractivity contribution is 7.80. The number of hydrogen-bond acceptors (Lipinski definition) is 3. The van der Waals surface area contributed by atoms with Crippen LogP contribution in [0.5, 0.6) is 5.75 Å². The highest BCUT2D eigenvalue weighted by atomic mass is 32.1. The zero-order chi connectivity index (χ0) is 15.0. The van der Waals surface area contributed by atoms with Gasteiger partial charge in [0.1, 0.15) is 5.75 Å². The molecule has 0 radical (unpaired) electrons. The first-order chi connectivity index (χ1) is 9.49. The minimum Gasteiger partial charge on any atom is -0.435 e. The summed E-state index contributed by atoms with van der Waals surface area (Å²) >= 11 is 4.74. The molecule has 1 rings (SSSR count). The van der Waals surface area contributed by atoms with Crippen molar-refractivity contribution in [2.24, 2.45) is 5.73 Å². The van der Waals surface area contributed by atoms with Gasteiger partial charge in [0.25, 0.3) is 5.91 Å². The van der Waals surface area contributed by atoms with Gasteiger partial charge in [-0.1, -0.05) is 12.2 Å². The van der Waals surface area contributed by atoms with Gasteiger partial charge in [-0.2, -0.15) is 8.78 Å². The molecule has 0 atom stereocenters. The molecule has 7 heteroatoms. The van der Waals surface area contributed by atoms with E-state index in [1.54, 1.807) is 0 Å². The van der Waals surface area contributed by atoms with E-state index in [1.807, 2.05) is 0 Å². The fourth-order valence-corrected chi connectivity index (χ4v) is 1.66. The summed E-state index contributed by atoms with van der Waals surface area (Å²) in [4.78, 5) is 12.2. The molecule has 0 bridgehead atoms. The number of halogens is 2. The topological polar surface area (TPSA) is 64.3 Å². The van der Waals surface area contributed by atoms with E-state index in [9.17, 15) is 13.6 Å². The molecule has 0 aliphatic heterocycles. The van der Waals surface area contributed by atoms with E-state index in [0.717, 1.165) is 12.8 Å². The van der Waals surface area contributed by atoms with Gasteiger partial charge in [0, 0.05) is 12.1 Å². The minimum atomic E-state index is -2.87. The van der Waals surface area contributed by atoms with Crippen LogP contribution in [0.25, 0.3) is 0 Å². The van der Waals surface area contributed by atoms with E-state index in [0.29, 0.717) is 23.5 Å². The summed E-state index contributed by atoms with van der Waals surface area (Å²) < 4.78 is 28.1. The summed E-state index contributed by atoms with van der Waals surface area (Å²) in [6.07, 6.45) is 2.25. The average Bonchev–Trinajstić information content (AvgIpc) is 2.38. The summed E-state index contributed by atoms with van der Waals surface area (Å²) in [7, 11) is 0. The van der Waals surface area contributed by atoms with Crippen LogP contribution in [0.4, 0.5) is 8.78 Å². The van der Waals surface area contributed by atoms with Crippen LogP contribution in [0.2, 0.25) is 0 Å². The molecule has 0 saturated carbocycles. The zero-order valence-corrected chi connectivity index (χ0v) is 11.6. The van der Waals surface area contributed by atoms with E-state index < -0.39 is 6.61 Å². The molecule has 0 spiro atoms. The first-order valence-electron chi connectivity index (χ1n) is 6.10. The number of amides is 1. The van der Waals surface area contributed by atoms with Gasteiger partial charge >= 0.3 is 6.61 Å². The Balaban J connectivity index is 2.34. The quantitative estimate of drug-likeness (QED) is 0.572. The highest BCUT2D eigenvalue weighted by Gasteiger charge is 2.07. The van der Waals surface area contributed by atoms with Gasteiger partial charge in [-0.15, -0.1) is 0 Å². The van der Waals surface area contributed by atoms with Crippen molar-refractivity contribution in [3.8, 4) is 5.75 Å². The lowest BCUT2D eigenvalue weighted by molar-refractivity contribution is -0.0498. The van der Waals surface area contributed by atoms with E-state index in [4.69, 9.17) is 18.0 Å². The van der Waals surface area contributed by atoms with Crippen molar-refractivity contribution in [2.45, 2.75) is 25.9 Å². The fourth-order valence-electron chi connectivity index (χ4n) is 1.52. The molecule has 0 fully saturated rings. The van der Waals surface area contributed by atoms with E-state index >= 15 is 0 Å². The number of ether oxygens (including phenoxy) is 1. The molecule has 0 heterocycles. The molecule has 1 aromatic rings. The van der Waals surface area contributed by atoms with Crippen molar-refractivity contribution in [1.82, 2.24) is 5.32 Å². The summed E-state index contributed by atoms with van der Waals surface area (Å²) in [6.45, 7) is -2.36. The smallest absolute Gasteiger partial charge is 0.387 e. The van der Waals surface area contributed by atoms with Crippen LogP contribution < -0.4 is 15.8 Å². The Morgan fingerprint density at radius 1 is 1.30 bits per heavy atom. The lowest BCUT2D eigenvalue weighted by atomic mass is 10.2. The maximum Gasteiger partial charge on any atom is 0.387 e. The van der Waals surface area contributed by atoms with Gasteiger partial charge in [0.2, 0.25) is 0 Å². The molecule has 0 aliphatic rings. The number of alkyl halides is 2. The molecule has 0 aromatic heterocycles. The molecule has 4 nitrogen and oxygen atoms in total. The predicted molar refractivity (Wildman–Crippen MR) is 76.0 cm³/mol. The SMILES string of the molecule is NC(=S)CCCCNC(=O)c1ccc(OC(F)F)cc1. The van der Waals surface area contributed by atoms with Crippen molar-refractivity contribution in [3.63, 3.8) is 0 Å². The Morgan fingerprint density at radius 3 is 2.50 bits per heavy atom. The van der Waals surface area contributed by atoms with Gasteiger partial charge in [0.15, 0.2) is 0 Å². The van der Waals surface area contributed by atoms with Crippen LogP contribution in [-0.4, -0.2) is 24.1 Å². The highest BCUT2D eigenvalue weighted by Crippen LogP contribution is 2.14. The lowest BCUT2D eigenvalue weighted by Crippen LogP contribution is -2.24. The van der Waals surface area contributed by atoms with Crippen LogP contribution in [-0.2, 0) is 0 Å². The van der Waals surface area contributed by atoms with Gasteiger partial charge < -0.3 is 15.8 Å². The van der Waals surface area contributed by atoms with Gasteiger partial charge in [0.05, 0.1) is 4.99 Å². The van der Waals surface area contributed by atoms with Crippen molar-refractivity contribution in [1.29, 1.82) is 0 Å². The Kier molecular flexibility index (Phi) is 6.86. The predicted octanol–water partition coefficient (Wildman–Crippen LogP) is 2.47. The summed E-state index contributed by atoms with van der Waals surface area (Å²) in [6, 6.07) is 5.52. The molecule has 1 amide bonds. The maximum atomic E-state index is 12.0. The van der Waals surface area contributed by atoms with Crippen molar-refractivity contribution >= 4 is 23.1 Å². The molecule has 110 valence electrons. The summed E-state index contributed by atoms with van der Waals surface area (Å²) in [5.41, 5.74) is 5.74. The van der Waals surface area contributed by atoms with E-state index in [-0.39, 0.29) is 11.7 Å². The van der Waals surface area contributed by atoms with Crippen LogP contribution in [0.15, 0.2) is 24.3 Å². The Morgan fingerprint density at radius 2 is 1.95 bits per heavy atom. The minimum absolute atomic E-state index is 0.0213. The monoisotopic (exact) mass is 302 g/mol. The number of carbonyl (C=O) groups is 1. The molecule has 0 unspecified atom stereocenters. The van der Waals surface area contributed by atoms with Crippen molar-refractivity contribution in [2.75, 3.05) is 6.54 Å². The number of nitrogens with two attached hydrogens (primary N) is 1. The first kappa shape index (κ1) is 16.3. The molecular formula is C13H16F2N2O2S. The van der Waals surface area contributed by atoms with Crippen molar-refractivity contribution < 1.29 is 18.3 Å². The van der Waals surface area contributed by atoms with Gasteiger partial charge in [-0.3, -0.25) is 4.79 Å². The third kappa shape index (κ3) is 6.42. The lowest BCUT2D eigenvalue weighted by Gasteiger charge is -2.07. The Hall–Kier alpha value is -1.76. The summed E-state index contributed by atoms with van der Waals surface area (Å²) in [5.74, 6) is -0.239. The number of benzene rings is 1. The largest absolute Gasteiger partial charge is 0.435 e. The number of rotatable bonds is 8. The Bertz CT molecular complexity index is 452. The van der Waals surface area contributed by atoms with Crippen LogP contribution in [0.3, 0.4) is 0 Å². The molecule has 20 heavy (non-hydrogen) atoms. The molecule has 0 saturated heterocycles. The second-order valence-electron chi connectivity index (χ2n) is 4.08. The zero-order valence-electron chi connectivity index (χ0n) is 10.8. The molecule has 3 N–H and O–H groups in total. The van der Waals surface area contributed by atoms with E-state index in [1.165, 1.54) is 24.3 Å². The fraction of sp³-hybridized carbons (Fsp3) is 0.385. The standard InChI is InChI=1S/C13H16F2N2O2S/c14-13(15)19-10-6-4-9(5-7-10)12(18)17-8-2-1-3-11(16)20/h4-7,13H,1-3,8H2,(H2,16,20)(H,17,18). The second kappa shape index (κ2) is 8.42. The van der Waals surface area contributed by atoms with Gasteiger partial charge in [-0.25, -0.2) is 0 Å². The van der Waals surface area contributed by atoms with Gasteiger partial charge in [-0.05, 0) is 43.5 Å². The Labute approximate surface area is 121 Å². The van der Waals surface area contributed by atoms with Crippen LogP contribution in [0, 0.1) is 0 Å². The number of hydrogen-bond donors (Lipinski definition) is 2.